The standard InChI is InChI=1S/C25H25N5O2S/c1-4-18-9-7-8-17(2)23(18)27-22(31)16-33-25-29-28-24(21-10-5-6-15-26-21)30(25)19-11-13-20(32-3)14-12-19/h5-15H,4,16H2,1-3H3,(H,27,31). The molecular formula is C25H25N5O2S. The van der Waals surface area contributed by atoms with Crippen molar-refractivity contribution in [2.45, 2.75) is 25.4 Å². The number of para-hydroxylation sites is 1. The van der Waals surface area contributed by atoms with Crippen molar-refractivity contribution >= 4 is 23.4 Å². The zero-order valence-corrected chi connectivity index (χ0v) is 19.6. The number of hydrogen-bond donors (Lipinski definition) is 1. The Hall–Kier alpha value is -3.65. The van der Waals surface area contributed by atoms with E-state index in [0.29, 0.717) is 16.7 Å². The lowest BCUT2D eigenvalue weighted by atomic mass is 10.1. The molecule has 0 saturated heterocycles. The number of hydrogen-bond acceptors (Lipinski definition) is 6. The van der Waals surface area contributed by atoms with Crippen molar-refractivity contribution in [3.05, 3.63) is 78.0 Å². The first-order valence-electron chi connectivity index (χ1n) is 10.6. The molecule has 168 valence electrons. The molecule has 0 spiro atoms. The van der Waals surface area contributed by atoms with E-state index >= 15 is 0 Å². The van der Waals surface area contributed by atoms with E-state index in [-0.39, 0.29) is 11.7 Å². The zero-order valence-electron chi connectivity index (χ0n) is 18.8. The minimum absolute atomic E-state index is 0.0901. The fourth-order valence-corrected chi connectivity index (χ4v) is 4.25. The summed E-state index contributed by atoms with van der Waals surface area (Å²) in [7, 11) is 1.63. The van der Waals surface area contributed by atoms with Crippen molar-refractivity contribution < 1.29 is 9.53 Å². The van der Waals surface area contributed by atoms with Crippen LogP contribution >= 0.6 is 11.8 Å². The Bertz CT molecular complexity index is 1240. The topological polar surface area (TPSA) is 81.9 Å². The maximum Gasteiger partial charge on any atom is 0.234 e. The van der Waals surface area contributed by atoms with Crippen molar-refractivity contribution in [2.75, 3.05) is 18.2 Å². The lowest BCUT2D eigenvalue weighted by Crippen LogP contribution is -2.16. The molecule has 1 amide bonds. The number of methoxy groups -OCH3 is 1. The van der Waals surface area contributed by atoms with E-state index in [1.54, 1.807) is 13.3 Å². The van der Waals surface area contributed by atoms with Crippen LogP contribution < -0.4 is 10.1 Å². The number of nitrogens with one attached hydrogen (secondary N) is 1. The minimum atomic E-state index is -0.0901. The van der Waals surface area contributed by atoms with Gasteiger partial charge in [0.2, 0.25) is 5.91 Å². The number of anilines is 1. The third kappa shape index (κ3) is 5.06. The van der Waals surface area contributed by atoms with Crippen LogP contribution in [0.25, 0.3) is 17.2 Å². The second-order valence-corrected chi connectivity index (χ2v) is 8.30. The Morgan fingerprint density at radius 1 is 1.06 bits per heavy atom. The summed E-state index contributed by atoms with van der Waals surface area (Å²) >= 11 is 1.33. The average Bonchev–Trinajstić information content (AvgIpc) is 3.28. The molecule has 0 aliphatic rings. The highest BCUT2D eigenvalue weighted by atomic mass is 32.2. The molecule has 0 bridgehead atoms. The molecule has 0 radical (unpaired) electrons. The van der Waals surface area contributed by atoms with E-state index in [0.717, 1.165) is 34.7 Å². The molecule has 0 unspecified atom stereocenters. The highest BCUT2D eigenvalue weighted by Gasteiger charge is 2.18. The van der Waals surface area contributed by atoms with Crippen molar-refractivity contribution in [1.82, 2.24) is 19.7 Å². The van der Waals surface area contributed by atoms with E-state index in [9.17, 15) is 4.79 Å². The molecule has 0 fully saturated rings. The van der Waals surface area contributed by atoms with Gasteiger partial charge in [0.1, 0.15) is 11.4 Å². The Balaban J connectivity index is 1.60. The van der Waals surface area contributed by atoms with Gasteiger partial charge >= 0.3 is 0 Å². The van der Waals surface area contributed by atoms with Gasteiger partial charge in [-0.05, 0) is 60.9 Å². The number of ether oxygens (including phenoxy) is 1. The SMILES string of the molecule is CCc1cccc(C)c1NC(=O)CSc1nnc(-c2ccccn2)n1-c1ccc(OC)cc1. The van der Waals surface area contributed by atoms with Gasteiger partial charge in [0.05, 0.1) is 18.6 Å². The van der Waals surface area contributed by atoms with Crippen LogP contribution in [0.5, 0.6) is 5.75 Å². The molecular weight excluding hydrogens is 434 g/mol. The molecule has 7 nitrogen and oxygen atoms in total. The summed E-state index contributed by atoms with van der Waals surface area (Å²) in [4.78, 5) is 17.2. The van der Waals surface area contributed by atoms with Crippen LogP contribution in [-0.2, 0) is 11.2 Å². The number of aromatic nitrogens is 4. The molecule has 2 aromatic heterocycles. The van der Waals surface area contributed by atoms with Crippen molar-refractivity contribution in [3.63, 3.8) is 0 Å². The number of carbonyl (C=O) groups is 1. The number of rotatable bonds is 8. The molecule has 0 aliphatic heterocycles. The van der Waals surface area contributed by atoms with Gasteiger partial charge < -0.3 is 10.1 Å². The molecule has 0 atom stereocenters. The number of carbonyl (C=O) groups excluding carboxylic acids is 1. The number of amides is 1. The minimum Gasteiger partial charge on any atom is -0.497 e. The maximum absolute atomic E-state index is 12.8. The first kappa shape index (κ1) is 22.5. The van der Waals surface area contributed by atoms with E-state index in [2.05, 4.69) is 27.4 Å². The molecule has 33 heavy (non-hydrogen) atoms. The fraction of sp³-hybridized carbons (Fsp3) is 0.200. The monoisotopic (exact) mass is 459 g/mol. The summed E-state index contributed by atoms with van der Waals surface area (Å²) in [6.45, 7) is 4.08. The molecule has 0 saturated carbocycles. The smallest absolute Gasteiger partial charge is 0.234 e. The Labute approximate surface area is 197 Å². The van der Waals surface area contributed by atoms with Crippen LogP contribution in [-0.4, -0.2) is 38.5 Å². The highest BCUT2D eigenvalue weighted by molar-refractivity contribution is 7.99. The molecule has 8 heteroatoms. The number of pyridine rings is 1. The molecule has 4 rings (SSSR count). The third-order valence-corrected chi connectivity index (χ3v) is 6.12. The van der Waals surface area contributed by atoms with Gasteiger partial charge in [-0.3, -0.25) is 14.3 Å². The molecule has 4 aromatic rings. The van der Waals surface area contributed by atoms with E-state index in [1.165, 1.54) is 11.8 Å². The highest BCUT2D eigenvalue weighted by Crippen LogP contribution is 2.28. The summed E-state index contributed by atoms with van der Waals surface area (Å²) < 4.78 is 7.19. The largest absolute Gasteiger partial charge is 0.497 e. The summed E-state index contributed by atoms with van der Waals surface area (Å²) in [6, 6.07) is 19.3. The first-order valence-corrected chi connectivity index (χ1v) is 11.6. The summed E-state index contributed by atoms with van der Waals surface area (Å²) in [5.41, 5.74) is 4.61. The predicted molar refractivity (Wildman–Crippen MR) is 131 cm³/mol. The van der Waals surface area contributed by atoms with Crippen LogP contribution in [0.1, 0.15) is 18.1 Å². The summed E-state index contributed by atoms with van der Waals surface area (Å²) in [5, 5.41) is 12.4. The van der Waals surface area contributed by atoms with Gasteiger partial charge in [-0.15, -0.1) is 10.2 Å². The number of benzene rings is 2. The van der Waals surface area contributed by atoms with Gasteiger partial charge in [0, 0.05) is 11.9 Å². The van der Waals surface area contributed by atoms with Gasteiger partial charge in [0.25, 0.3) is 0 Å². The second kappa shape index (κ2) is 10.3. The van der Waals surface area contributed by atoms with Crippen LogP contribution in [0.15, 0.2) is 72.0 Å². The van der Waals surface area contributed by atoms with Crippen LogP contribution in [0, 0.1) is 6.92 Å². The average molecular weight is 460 g/mol. The molecule has 2 heterocycles. The van der Waals surface area contributed by atoms with Crippen LogP contribution in [0.4, 0.5) is 5.69 Å². The van der Waals surface area contributed by atoms with Gasteiger partial charge in [0.15, 0.2) is 11.0 Å². The second-order valence-electron chi connectivity index (χ2n) is 7.35. The summed E-state index contributed by atoms with van der Waals surface area (Å²) in [5.74, 6) is 1.47. The Morgan fingerprint density at radius 3 is 2.58 bits per heavy atom. The zero-order chi connectivity index (χ0) is 23.2. The molecule has 2 aromatic carbocycles. The van der Waals surface area contributed by atoms with E-state index in [4.69, 9.17) is 4.74 Å². The van der Waals surface area contributed by atoms with E-state index in [1.807, 2.05) is 72.2 Å². The lowest BCUT2D eigenvalue weighted by molar-refractivity contribution is -0.113. The third-order valence-electron chi connectivity index (χ3n) is 5.19. The lowest BCUT2D eigenvalue weighted by Gasteiger charge is -2.13. The van der Waals surface area contributed by atoms with E-state index < -0.39 is 0 Å². The number of aryl methyl sites for hydroxylation is 2. The van der Waals surface area contributed by atoms with Gasteiger partial charge in [-0.2, -0.15) is 0 Å². The maximum atomic E-state index is 12.8. The number of nitrogens with zero attached hydrogens (tertiary/aromatic N) is 4. The number of thioether (sulfide) groups is 1. The molecule has 1 N–H and O–H groups in total. The fourth-order valence-electron chi connectivity index (χ4n) is 3.50. The van der Waals surface area contributed by atoms with Crippen molar-refractivity contribution in [1.29, 1.82) is 0 Å². The van der Waals surface area contributed by atoms with Crippen LogP contribution in [0.3, 0.4) is 0 Å². The van der Waals surface area contributed by atoms with Crippen LogP contribution in [0.2, 0.25) is 0 Å². The Kier molecular flexibility index (Phi) is 7.04. The first-order chi connectivity index (χ1) is 16.1. The van der Waals surface area contributed by atoms with Gasteiger partial charge in [-0.25, -0.2) is 0 Å². The predicted octanol–water partition coefficient (Wildman–Crippen LogP) is 4.94. The summed E-state index contributed by atoms with van der Waals surface area (Å²) in [6.07, 6.45) is 2.57. The normalized spacial score (nSPS) is 10.8. The quantitative estimate of drug-likeness (QED) is 0.376. The Morgan fingerprint density at radius 2 is 1.88 bits per heavy atom. The van der Waals surface area contributed by atoms with Gasteiger partial charge in [-0.1, -0.05) is 43.0 Å². The van der Waals surface area contributed by atoms with Crippen molar-refractivity contribution in [2.24, 2.45) is 0 Å². The van der Waals surface area contributed by atoms with Crippen molar-refractivity contribution in [3.8, 4) is 23.0 Å². The molecule has 0 aliphatic carbocycles.